The Bertz CT molecular complexity index is 1340. The summed E-state index contributed by atoms with van der Waals surface area (Å²) in [4.78, 5) is 15.4. The molecule has 40 heavy (non-hydrogen) atoms. The first-order valence-electron chi connectivity index (χ1n) is 13.6. The van der Waals surface area contributed by atoms with Gasteiger partial charge in [-0.25, -0.2) is 8.78 Å². The maximum absolute atomic E-state index is 12.9. The third-order valence-electron chi connectivity index (χ3n) is 7.38. The molecule has 0 amide bonds. The van der Waals surface area contributed by atoms with Crippen molar-refractivity contribution in [3.63, 3.8) is 0 Å². The van der Waals surface area contributed by atoms with E-state index < -0.39 is 25.1 Å². The van der Waals surface area contributed by atoms with Crippen molar-refractivity contribution < 1.29 is 23.0 Å². The van der Waals surface area contributed by atoms with Crippen LogP contribution in [-0.2, 0) is 16.1 Å². The second-order valence-electron chi connectivity index (χ2n) is 11.5. The number of hydrogen-bond acceptors (Lipinski definition) is 7. The molecule has 6 nitrogen and oxygen atoms in total. The molecule has 0 N–H and O–H groups in total. The minimum Gasteiger partial charge on any atom is -0.483 e. The van der Waals surface area contributed by atoms with Crippen molar-refractivity contribution in [2.24, 2.45) is 5.92 Å². The smallest absolute Gasteiger partial charge is 0.309 e. The number of esters is 1. The zero-order valence-corrected chi connectivity index (χ0v) is 24.5. The Morgan fingerprint density at radius 3 is 2.65 bits per heavy atom. The summed E-state index contributed by atoms with van der Waals surface area (Å²) in [5.41, 5.74) is 2.70. The van der Waals surface area contributed by atoms with Gasteiger partial charge in [0.15, 0.2) is 6.10 Å². The fourth-order valence-electron chi connectivity index (χ4n) is 5.57. The largest absolute Gasteiger partial charge is 0.483 e. The van der Waals surface area contributed by atoms with Gasteiger partial charge in [-0.2, -0.15) is 0 Å². The zero-order chi connectivity index (χ0) is 28.4. The van der Waals surface area contributed by atoms with Gasteiger partial charge in [0.2, 0.25) is 0 Å². The summed E-state index contributed by atoms with van der Waals surface area (Å²) in [7, 11) is 0. The number of carbonyl (C=O) groups is 1. The fraction of sp³-hybridized carbons (Fsp3) is 0.500. The molecule has 1 aromatic heterocycles. The number of carbonyl (C=O) groups excluding carboxylic acids is 1. The van der Waals surface area contributed by atoms with Crippen LogP contribution in [0.4, 0.5) is 8.78 Å². The van der Waals surface area contributed by atoms with E-state index in [1.54, 1.807) is 18.2 Å². The molecule has 1 saturated carbocycles. The Hall–Kier alpha value is -2.62. The van der Waals surface area contributed by atoms with Gasteiger partial charge in [-0.15, -0.1) is 10.2 Å². The van der Waals surface area contributed by atoms with Crippen molar-refractivity contribution in [1.82, 2.24) is 15.1 Å². The first-order chi connectivity index (χ1) is 19.2. The summed E-state index contributed by atoms with van der Waals surface area (Å²) in [6.45, 7) is 4.63. The molecule has 3 unspecified atom stereocenters. The Balaban J connectivity index is 1.39. The van der Waals surface area contributed by atoms with Crippen molar-refractivity contribution in [2.75, 3.05) is 13.3 Å². The molecule has 0 bridgehead atoms. The van der Waals surface area contributed by atoms with Crippen LogP contribution in [0.2, 0.25) is 5.02 Å². The van der Waals surface area contributed by atoms with Crippen LogP contribution in [0.3, 0.4) is 0 Å². The van der Waals surface area contributed by atoms with E-state index in [2.05, 4.69) is 33.3 Å². The molecule has 0 spiro atoms. The third-order valence-corrected chi connectivity index (χ3v) is 8.70. The Labute approximate surface area is 242 Å². The number of halogens is 3. The summed E-state index contributed by atoms with van der Waals surface area (Å²) in [6, 6.07) is 13.6. The summed E-state index contributed by atoms with van der Waals surface area (Å²) in [5, 5.41) is 10.9. The van der Waals surface area contributed by atoms with E-state index in [0.717, 1.165) is 42.8 Å². The first-order valence-corrected chi connectivity index (χ1v) is 14.8. The van der Waals surface area contributed by atoms with Crippen LogP contribution in [-0.4, -0.2) is 52.2 Å². The van der Waals surface area contributed by atoms with Crippen molar-refractivity contribution >= 4 is 28.9 Å². The molecular weight excluding hydrogens is 556 g/mol. The number of benzene rings is 2. The fourth-order valence-corrected chi connectivity index (χ4v) is 6.77. The Kier molecular flexibility index (Phi) is 8.73. The standard InChI is InChI=1S/C30H34ClF2N3O3S/c1-30(2,3)39-29(37)19-8-6-9-21(13-19)36-17-20-7-4-5-10-23(20)26(36)28-35-34-27(40-28)18-11-12-25(24(31)14-18)38-22(15-32)16-33/h4-5,7,10-12,14,19,21-22,26H,6,8-9,13,15-17H2,1-3H3. The van der Waals surface area contributed by atoms with Gasteiger partial charge in [0, 0.05) is 18.2 Å². The molecule has 3 aromatic rings. The van der Waals surface area contributed by atoms with Gasteiger partial charge < -0.3 is 9.47 Å². The highest BCUT2D eigenvalue weighted by Gasteiger charge is 2.41. The number of alkyl halides is 2. The van der Waals surface area contributed by atoms with Crippen molar-refractivity contribution in [3.05, 3.63) is 63.6 Å². The third kappa shape index (κ3) is 6.31. The summed E-state index contributed by atoms with van der Waals surface area (Å²) in [6.07, 6.45) is 2.39. The van der Waals surface area contributed by atoms with E-state index in [4.69, 9.17) is 21.1 Å². The lowest BCUT2D eigenvalue weighted by atomic mass is 9.84. The van der Waals surface area contributed by atoms with Crippen LogP contribution in [0.15, 0.2) is 42.5 Å². The summed E-state index contributed by atoms with van der Waals surface area (Å²) in [5.74, 6) is -0.00917. The number of ether oxygens (including phenoxy) is 2. The summed E-state index contributed by atoms with van der Waals surface area (Å²) >= 11 is 7.87. The maximum Gasteiger partial charge on any atom is 0.309 e. The number of fused-ring (bicyclic) bond motifs is 1. The average Bonchev–Trinajstić information content (AvgIpc) is 3.56. The van der Waals surface area contributed by atoms with Crippen LogP contribution in [0.1, 0.15) is 68.6 Å². The molecule has 0 saturated heterocycles. The molecule has 0 radical (unpaired) electrons. The average molecular weight is 590 g/mol. The molecule has 5 rings (SSSR count). The molecule has 2 aromatic carbocycles. The normalized spacial score (nSPS) is 21.4. The predicted molar refractivity (Wildman–Crippen MR) is 152 cm³/mol. The molecule has 2 heterocycles. The first kappa shape index (κ1) is 28.9. The highest BCUT2D eigenvalue weighted by Crippen LogP contribution is 2.45. The van der Waals surface area contributed by atoms with Crippen molar-refractivity contribution in [2.45, 2.75) is 76.8 Å². The van der Waals surface area contributed by atoms with Crippen LogP contribution < -0.4 is 4.74 Å². The van der Waals surface area contributed by atoms with Crippen LogP contribution in [0.5, 0.6) is 5.75 Å². The molecule has 214 valence electrons. The molecule has 1 aliphatic carbocycles. The number of rotatable bonds is 8. The van der Waals surface area contributed by atoms with Gasteiger partial charge in [0.1, 0.15) is 34.7 Å². The van der Waals surface area contributed by atoms with Gasteiger partial charge >= 0.3 is 5.97 Å². The van der Waals surface area contributed by atoms with Gasteiger partial charge in [-0.05, 0) is 69.4 Å². The van der Waals surface area contributed by atoms with E-state index in [-0.39, 0.29) is 34.7 Å². The second kappa shape index (κ2) is 12.1. The Morgan fingerprint density at radius 1 is 1.15 bits per heavy atom. The van der Waals surface area contributed by atoms with E-state index >= 15 is 0 Å². The maximum atomic E-state index is 12.9. The van der Waals surface area contributed by atoms with Crippen LogP contribution in [0.25, 0.3) is 10.6 Å². The molecule has 3 atom stereocenters. The second-order valence-corrected chi connectivity index (χ2v) is 12.9. The number of hydrogen-bond donors (Lipinski definition) is 0. The topological polar surface area (TPSA) is 64.5 Å². The highest BCUT2D eigenvalue weighted by atomic mass is 35.5. The summed E-state index contributed by atoms with van der Waals surface area (Å²) < 4.78 is 36.9. The quantitative estimate of drug-likeness (QED) is 0.256. The van der Waals surface area contributed by atoms with Gasteiger partial charge in [-0.3, -0.25) is 9.69 Å². The van der Waals surface area contributed by atoms with Crippen LogP contribution >= 0.6 is 22.9 Å². The van der Waals surface area contributed by atoms with Crippen LogP contribution in [0, 0.1) is 5.92 Å². The molecule has 10 heteroatoms. The van der Waals surface area contributed by atoms with Gasteiger partial charge in [-0.1, -0.05) is 53.6 Å². The minimum atomic E-state index is -1.18. The van der Waals surface area contributed by atoms with Crippen molar-refractivity contribution in [3.8, 4) is 16.3 Å². The predicted octanol–water partition coefficient (Wildman–Crippen LogP) is 7.35. The lowest BCUT2D eigenvalue weighted by molar-refractivity contribution is -0.162. The lowest BCUT2D eigenvalue weighted by Gasteiger charge is -2.38. The molecule has 2 aliphatic rings. The monoisotopic (exact) mass is 589 g/mol. The van der Waals surface area contributed by atoms with E-state index in [1.807, 2.05) is 26.8 Å². The molecule has 1 aliphatic heterocycles. The molecule has 1 fully saturated rings. The number of nitrogens with zero attached hydrogens (tertiary/aromatic N) is 3. The van der Waals surface area contributed by atoms with Crippen molar-refractivity contribution in [1.29, 1.82) is 0 Å². The number of aromatic nitrogens is 2. The van der Waals surface area contributed by atoms with Gasteiger partial charge in [0.25, 0.3) is 0 Å². The van der Waals surface area contributed by atoms with E-state index in [1.165, 1.54) is 22.5 Å². The SMILES string of the molecule is CC(C)(C)OC(=O)C1CCCC(N2Cc3ccccc3C2c2nnc(-c3ccc(OC(CF)CF)c(Cl)c3)s2)C1. The highest BCUT2D eigenvalue weighted by molar-refractivity contribution is 7.14. The zero-order valence-electron chi connectivity index (χ0n) is 22.9. The van der Waals surface area contributed by atoms with E-state index in [0.29, 0.717) is 5.01 Å². The molecular formula is C30H34ClF2N3O3S. The van der Waals surface area contributed by atoms with Gasteiger partial charge in [0.05, 0.1) is 17.0 Å². The Morgan fingerprint density at radius 2 is 1.93 bits per heavy atom. The van der Waals surface area contributed by atoms with E-state index in [9.17, 15) is 13.6 Å². The lowest BCUT2D eigenvalue weighted by Crippen LogP contribution is -2.41. The minimum absolute atomic E-state index is 0.0715.